The molecule has 1 aromatic heterocycles. The molecule has 3 aromatic carbocycles. The molecule has 4 aromatic rings. The van der Waals surface area contributed by atoms with Crippen LogP contribution in [-0.4, -0.2) is 26.6 Å². The molecule has 1 aliphatic heterocycles. The summed E-state index contributed by atoms with van der Waals surface area (Å²) in [7, 11) is 0. The van der Waals surface area contributed by atoms with Gasteiger partial charge in [0.2, 0.25) is 0 Å². The fourth-order valence-corrected chi connectivity index (χ4v) is 3.65. The number of nitrogens with zero attached hydrogens (tertiary/aromatic N) is 4. The van der Waals surface area contributed by atoms with E-state index < -0.39 is 0 Å². The summed E-state index contributed by atoms with van der Waals surface area (Å²) >= 11 is 0. The third kappa shape index (κ3) is 5.39. The van der Waals surface area contributed by atoms with Gasteiger partial charge in [0.25, 0.3) is 0 Å². The van der Waals surface area contributed by atoms with Gasteiger partial charge in [-0.25, -0.2) is 9.07 Å². The van der Waals surface area contributed by atoms with Gasteiger partial charge in [-0.2, -0.15) is 0 Å². The molecule has 0 spiro atoms. The van der Waals surface area contributed by atoms with Crippen LogP contribution in [0, 0.1) is 5.82 Å². The highest BCUT2D eigenvalue weighted by molar-refractivity contribution is 5.76. The van der Waals surface area contributed by atoms with Gasteiger partial charge in [-0.3, -0.25) is 9.90 Å². The van der Waals surface area contributed by atoms with Gasteiger partial charge in [-0.1, -0.05) is 65.9 Å². The van der Waals surface area contributed by atoms with Crippen molar-refractivity contribution in [2.45, 2.75) is 13.2 Å². The van der Waals surface area contributed by atoms with E-state index in [-0.39, 0.29) is 5.82 Å². The molecule has 0 saturated heterocycles. The van der Waals surface area contributed by atoms with E-state index in [0.717, 1.165) is 33.8 Å². The van der Waals surface area contributed by atoms with Gasteiger partial charge in [-0.15, -0.1) is 5.10 Å². The first-order valence-corrected chi connectivity index (χ1v) is 11.1. The molecule has 170 valence electrons. The Morgan fingerprint density at radius 1 is 0.912 bits per heavy atom. The van der Waals surface area contributed by atoms with Crippen molar-refractivity contribution in [3.05, 3.63) is 126 Å². The van der Waals surface area contributed by atoms with Gasteiger partial charge < -0.3 is 5.32 Å². The van der Waals surface area contributed by atoms with Crippen molar-refractivity contribution in [2.24, 2.45) is 0 Å². The molecule has 0 saturated carbocycles. The van der Waals surface area contributed by atoms with Crippen molar-refractivity contribution < 1.29 is 9.23 Å². The van der Waals surface area contributed by atoms with Gasteiger partial charge in [0.1, 0.15) is 11.5 Å². The minimum Gasteiger partial charge on any atom is -0.355 e. The van der Waals surface area contributed by atoms with Gasteiger partial charge in [0, 0.05) is 23.1 Å². The summed E-state index contributed by atoms with van der Waals surface area (Å²) in [6.45, 7) is 1.69. The lowest BCUT2D eigenvalue weighted by atomic mass is 10.1. The third-order valence-electron chi connectivity index (χ3n) is 5.43. The van der Waals surface area contributed by atoms with Gasteiger partial charge in [0.15, 0.2) is 0 Å². The summed E-state index contributed by atoms with van der Waals surface area (Å²) in [6.07, 6.45) is 7.88. The van der Waals surface area contributed by atoms with Crippen LogP contribution in [0.4, 0.5) is 10.1 Å². The minimum atomic E-state index is -0.250. The van der Waals surface area contributed by atoms with Crippen LogP contribution < -0.4 is 5.32 Å². The molecule has 0 bridgehead atoms. The quantitative estimate of drug-likeness (QED) is 0.388. The Balaban J connectivity index is 1.23. The van der Waals surface area contributed by atoms with E-state index in [1.54, 1.807) is 16.8 Å². The second-order valence-electron chi connectivity index (χ2n) is 7.93. The summed E-state index contributed by atoms with van der Waals surface area (Å²) in [4.78, 5) is 5.85. The molecule has 5 rings (SSSR count). The average molecular weight is 454 g/mol. The normalized spacial score (nSPS) is 13.1. The number of hydrogen-bond acceptors (Lipinski definition) is 5. The topological polar surface area (TPSA) is 55.2 Å². The van der Waals surface area contributed by atoms with Crippen molar-refractivity contribution >= 4 is 5.69 Å². The van der Waals surface area contributed by atoms with Crippen LogP contribution in [0.1, 0.15) is 11.1 Å². The molecule has 0 fully saturated rings. The second-order valence-corrected chi connectivity index (χ2v) is 7.93. The van der Waals surface area contributed by atoms with E-state index >= 15 is 0 Å². The Morgan fingerprint density at radius 2 is 1.71 bits per heavy atom. The largest absolute Gasteiger partial charge is 0.355 e. The summed E-state index contributed by atoms with van der Waals surface area (Å²) in [5.41, 5.74) is 5.71. The predicted molar refractivity (Wildman–Crippen MR) is 130 cm³/mol. The van der Waals surface area contributed by atoms with E-state index in [4.69, 9.17) is 4.84 Å². The van der Waals surface area contributed by atoms with Crippen molar-refractivity contribution in [3.63, 3.8) is 0 Å². The standard InChI is InChI=1S/C27H24FN5O/c28-23-12-10-21(11-13-23)18-32-19-27(30-31-32)25-8-4-5-9-26(25)29-24-14-16-33(17-15-24)34-20-22-6-2-1-3-7-22/h1-16,19,29H,17-18,20H2. The van der Waals surface area contributed by atoms with Crippen LogP contribution in [0.25, 0.3) is 11.3 Å². The monoisotopic (exact) mass is 453 g/mol. The Hall–Kier alpha value is -4.23. The maximum Gasteiger partial charge on any atom is 0.123 e. The molecule has 0 atom stereocenters. The highest BCUT2D eigenvalue weighted by atomic mass is 19.1. The second kappa shape index (κ2) is 10.1. The smallest absolute Gasteiger partial charge is 0.123 e. The Labute approximate surface area is 197 Å². The molecule has 0 amide bonds. The van der Waals surface area contributed by atoms with Gasteiger partial charge in [-0.05, 0) is 41.5 Å². The Kier molecular flexibility index (Phi) is 6.45. The highest BCUT2D eigenvalue weighted by Crippen LogP contribution is 2.28. The lowest BCUT2D eigenvalue weighted by molar-refractivity contribution is -0.124. The van der Waals surface area contributed by atoms with Crippen LogP contribution in [0.15, 0.2) is 109 Å². The average Bonchev–Trinajstić information content (AvgIpc) is 3.34. The number of rotatable bonds is 8. The molecule has 0 radical (unpaired) electrons. The fourth-order valence-electron chi connectivity index (χ4n) is 3.65. The highest BCUT2D eigenvalue weighted by Gasteiger charge is 2.12. The first-order chi connectivity index (χ1) is 16.7. The number of anilines is 1. The van der Waals surface area contributed by atoms with E-state index in [2.05, 4.69) is 21.7 Å². The van der Waals surface area contributed by atoms with Crippen molar-refractivity contribution in [3.8, 4) is 11.3 Å². The Morgan fingerprint density at radius 3 is 2.50 bits per heavy atom. The van der Waals surface area contributed by atoms with Crippen LogP contribution in [-0.2, 0) is 18.0 Å². The number of hydrogen-bond donors (Lipinski definition) is 1. The summed E-state index contributed by atoms with van der Waals surface area (Å²) in [5, 5.41) is 13.9. The fraction of sp³-hybridized carbons (Fsp3) is 0.111. The zero-order valence-electron chi connectivity index (χ0n) is 18.5. The molecule has 1 aliphatic rings. The van der Waals surface area contributed by atoms with Crippen molar-refractivity contribution in [1.82, 2.24) is 20.1 Å². The van der Waals surface area contributed by atoms with Crippen LogP contribution >= 0.6 is 0 Å². The molecule has 0 aliphatic carbocycles. The molecule has 6 nitrogen and oxygen atoms in total. The van der Waals surface area contributed by atoms with Crippen LogP contribution in [0.3, 0.4) is 0 Å². The lowest BCUT2D eigenvalue weighted by Crippen LogP contribution is -2.21. The molecule has 2 heterocycles. The molecular formula is C27H24FN5O. The SMILES string of the molecule is Fc1ccc(Cn2cc(-c3ccccc3NC3=CCN(OCc4ccccc4)C=C3)nn2)cc1. The lowest BCUT2D eigenvalue weighted by Gasteiger charge is -2.23. The number of allylic oxidation sites excluding steroid dienone is 1. The number of nitrogens with one attached hydrogen (secondary N) is 1. The Bertz CT molecular complexity index is 1300. The summed E-state index contributed by atoms with van der Waals surface area (Å²) in [5.74, 6) is -0.250. The molecular weight excluding hydrogens is 429 g/mol. The third-order valence-corrected chi connectivity index (χ3v) is 5.43. The van der Waals surface area contributed by atoms with Crippen LogP contribution in [0.5, 0.6) is 0 Å². The van der Waals surface area contributed by atoms with E-state index in [0.29, 0.717) is 19.7 Å². The summed E-state index contributed by atoms with van der Waals surface area (Å²) < 4.78 is 14.9. The van der Waals surface area contributed by atoms with Crippen LogP contribution in [0.2, 0.25) is 0 Å². The van der Waals surface area contributed by atoms with E-state index in [1.807, 2.05) is 78.1 Å². The number of hydroxylamine groups is 2. The first kappa shape index (κ1) is 21.6. The van der Waals surface area contributed by atoms with E-state index in [9.17, 15) is 4.39 Å². The summed E-state index contributed by atoms with van der Waals surface area (Å²) in [6, 6.07) is 24.5. The number of benzene rings is 3. The van der Waals surface area contributed by atoms with Crippen molar-refractivity contribution in [2.75, 3.05) is 11.9 Å². The molecule has 0 unspecified atom stereocenters. The maximum absolute atomic E-state index is 13.2. The van der Waals surface area contributed by atoms with E-state index in [1.165, 1.54) is 12.1 Å². The van der Waals surface area contributed by atoms with Crippen molar-refractivity contribution in [1.29, 1.82) is 0 Å². The zero-order chi connectivity index (χ0) is 23.2. The van der Waals surface area contributed by atoms with Gasteiger partial charge in [0.05, 0.1) is 25.9 Å². The molecule has 1 N–H and O–H groups in total. The number of halogens is 1. The molecule has 34 heavy (non-hydrogen) atoms. The maximum atomic E-state index is 13.2. The number of aromatic nitrogens is 3. The number of para-hydroxylation sites is 1. The minimum absolute atomic E-state index is 0.250. The molecule has 7 heteroatoms. The first-order valence-electron chi connectivity index (χ1n) is 11.1. The predicted octanol–water partition coefficient (Wildman–Crippen LogP) is 5.39. The van der Waals surface area contributed by atoms with Gasteiger partial charge >= 0.3 is 0 Å². The zero-order valence-corrected chi connectivity index (χ0v) is 18.5.